The van der Waals surface area contributed by atoms with Gasteiger partial charge in [-0.05, 0) is 103 Å². The molecule has 0 spiro atoms. The molecule has 0 bridgehead atoms. The molecule has 0 saturated carbocycles. The lowest BCUT2D eigenvalue weighted by atomic mass is 9.93. The van der Waals surface area contributed by atoms with Crippen LogP contribution < -0.4 is 0 Å². The van der Waals surface area contributed by atoms with Gasteiger partial charge in [0.2, 0.25) is 0 Å². The van der Waals surface area contributed by atoms with E-state index in [0.29, 0.717) is 0 Å². The van der Waals surface area contributed by atoms with E-state index in [9.17, 15) is 0 Å². The van der Waals surface area contributed by atoms with Crippen LogP contribution in [-0.4, -0.2) is 9.55 Å². The molecule has 0 saturated heterocycles. The van der Waals surface area contributed by atoms with Gasteiger partial charge in [-0.3, -0.25) is 4.57 Å². The summed E-state index contributed by atoms with van der Waals surface area (Å²) in [5.41, 5.74) is 9.52. The predicted molar refractivity (Wildman–Crippen MR) is 209 cm³/mol. The average Bonchev–Trinajstić information content (AvgIpc) is 3.72. The molecule has 11 aromatic rings. The quantitative estimate of drug-likeness (QED) is 0.181. The van der Waals surface area contributed by atoms with Crippen LogP contribution in [0.2, 0.25) is 0 Å². The molecule has 0 aliphatic carbocycles. The minimum Gasteiger partial charge on any atom is -0.454 e. The second kappa shape index (κ2) is 10.4. The number of pyridine rings is 1. The van der Waals surface area contributed by atoms with Gasteiger partial charge in [0.05, 0.1) is 11.0 Å². The molecule has 3 nitrogen and oxygen atoms in total. The molecule has 11 rings (SSSR count). The first kappa shape index (κ1) is 27.3. The number of hydrogen-bond donors (Lipinski definition) is 0. The third-order valence-electron chi connectivity index (χ3n) is 10.4. The SMILES string of the molecule is c1ccc(-c2ccc3c(c2)c2cc(-c4ccccc4)ccc2n3-c2ccc3oc4cc5c6ccccc6c6ccccc6c5cc4c3n2)cc1. The zero-order chi connectivity index (χ0) is 32.8. The Morgan fingerprint density at radius 3 is 1.40 bits per heavy atom. The summed E-state index contributed by atoms with van der Waals surface area (Å²) in [5, 5.41) is 10.8. The Morgan fingerprint density at radius 1 is 0.340 bits per heavy atom. The number of benzene rings is 8. The molecule has 0 aliphatic heterocycles. The van der Waals surface area contributed by atoms with Crippen molar-refractivity contribution < 1.29 is 4.42 Å². The van der Waals surface area contributed by atoms with Crippen molar-refractivity contribution in [2.24, 2.45) is 0 Å². The van der Waals surface area contributed by atoms with Gasteiger partial charge in [-0.2, -0.15) is 0 Å². The van der Waals surface area contributed by atoms with Gasteiger partial charge < -0.3 is 4.42 Å². The average molecular weight is 637 g/mol. The van der Waals surface area contributed by atoms with Crippen LogP contribution in [0.15, 0.2) is 174 Å². The van der Waals surface area contributed by atoms with E-state index in [4.69, 9.17) is 9.40 Å². The van der Waals surface area contributed by atoms with Gasteiger partial charge >= 0.3 is 0 Å². The van der Waals surface area contributed by atoms with E-state index in [1.54, 1.807) is 0 Å². The number of hydrogen-bond acceptors (Lipinski definition) is 2. The van der Waals surface area contributed by atoms with Gasteiger partial charge in [0.25, 0.3) is 0 Å². The van der Waals surface area contributed by atoms with Crippen LogP contribution in [0.4, 0.5) is 0 Å². The summed E-state index contributed by atoms with van der Waals surface area (Å²) in [6, 6.07) is 60.8. The van der Waals surface area contributed by atoms with Crippen LogP contribution in [0.25, 0.3) is 104 Å². The van der Waals surface area contributed by atoms with Crippen molar-refractivity contribution in [3.05, 3.63) is 170 Å². The summed E-state index contributed by atoms with van der Waals surface area (Å²) < 4.78 is 8.83. The van der Waals surface area contributed by atoms with Crippen molar-refractivity contribution in [2.75, 3.05) is 0 Å². The van der Waals surface area contributed by atoms with Crippen LogP contribution >= 0.6 is 0 Å². The minimum atomic E-state index is 0.783. The summed E-state index contributed by atoms with van der Waals surface area (Å²) in [6.07, 6.45) is 0. The Bertz CT molecular complexity index is 3040. The highest BCUT2D eigenvalue weighted by Gasteiger charge is 2.19. The fourth-order valence-corrected chi connectivity index (χ4v) is 8.05. The van der Waals surface area contributed by atoms with Crippen LogP contribution in [0.1, 0.15) is 0 Å². The Labute approximate surface area is 287 Å². The Balaban J connectivity index is 1.18. The summed E-state index contributed by atoms with van der Waals surface area (Å²) in [4.78, 5) is 5.39. The fourth-order valence-electron chi connectivity index (χ4n) is 8.05. The first-order valence-electron chi connectivity index (χ1n) is 17.0. The molecule has 0 amide bonds. The highest BCUT2D eigenvalue weighted by atomic mass is 16.3. The first-order valence-corrected chi connectivity index (χ1v) is 17.0. The maximum atomic E-state index is 6.53. The Kier molecular flexibility index (Phi) is 5.67. The van der Waals surface area contributed by atoms with Crippen molar-refractivity contribution in [1.29, 1.82) is 0 Å². The van der Waals surface area contributed by atoms with E-state index in [2.05, 4.69) is 174 Å². The highest BCUT2D eigenvalue weighted by molar-refractivity contribution is 6.28. The molecule has 8 aromatic carbocycles. The second-order valence-electron chi connectivity index (χ2n) is 13.1. The zero-order valence-corrected chi connectivity index (χ0v) is 27.0. The van der Waals surface area contributed by atoms with E-state index >= 15 is 0 Å². The Morgan fingerprint density at radius 2 is 0.840 bits per heavy atom. The van der Waals surface area contributed by atoms with Crippen molar-refractivity contribution >= 4 is 76.2 Å². The lowest BCUT2D eigenvalue weighted by Gasteiger charge is -2.10. The Hall–Kier alpha value is -6.71. The largest absolute Gasteiger partial charge is 0.454 e. The van der Waals surface area contributed by atoms with Gasteiger partial charge in [-0.25, -0.2) is 4.98 Å². The summed E-state index contributed by atoms with van der Waals surface area (Å²) in [7, 11) is 0. The molecule has 3 heteroatoms. The monoisotopic (exact) mass is 636 g/mol. The lowest BCUT2D eigenvalue weighted by molar-refractivity contribution is 0.668. The molecule has 0 radical (unpaired) electrons. The molecule has 3 aromatic heterocycles. The van der Waals surface area contributed by atoms with E-state index < -0.39 is 0 Å². The van der Waals surface area contributed by atoms with E-state index in [-0.39, 0.29) is 0 Å². The third-order valence-corrected chi connectivity index (χ3v) is 10.4. The third kappa shape index (κ3) is 3.95. The summed E-state index contributed by atoms with van der Waals surface area (Å²) in [5.74, 6) is 0.864. The fraction of sp³-hybridized carbons (Fsp3) is 0. The van der Waals surface area contributed by atoms with E-state index in [1.807, 2.05) is 0 Å². The smallest absolute Gasteiger partial charge is 0.154 e. The summed E-state index contributed by atoms with van der Waals surface area (Å²) in [6.45, 7) is 0. The van der Waals surface area contributed by atoms with Crippen molar-refractivity contribution in [1.82, 2.24) is 9.55 Å². The van der Waals surface area contributed by atoms with Gasteiger partial charge in [-0.15, -0.1) is 0 Å². The number of furan rings is 1. The van der Waals surface area contributed by atoms with Gasteiger partial charge in [-0.1, -0.05) is 121 Å². The molecule has 232 valence electrons. The molecule has 0 aliphatic rings. The van der Waals surface area contributed by atoms with Crippen molar-refractivity contribution in [2.45, 2.75) is 0 Å². The van der Waals surface area contributed by atoms with Crippen LogP contribution in [-0.2, 0) is 0 Å². The van der Waals surface area contributed by atoms with Gasteiger partial charge in [0, 0.05) is 16.2 Å². The zero-order valence-electron chi connectivity index (χ0n) is 27.0. The number of fused-ring (bicyclic) bond motifs is 12. The molecule has 50 heavy (non-hydrogen) atoms. The van der Waals surface area contributed by atoms with Gasteiger partial charge in [0.15, 0.2) is 5.58 Å². The van der Waals surface area contributed by atoms with Crippen LogP contribution in [0, 0.1) is 0 Å². The highest BCUT2D eigenvalue weighted by Crippen LogP contribution is 2.41. The lowest BCUT2D eigenvalue weighted by Crippen LogP contribution is -1.97. The predicted octanol–water partition coefficient (Wildman–Crippen LogP) is 12.9. The standard InChI is InChI=1S/C47H28N2O/c1-3-11-29(12-4-1)31-19-21-42-39(25-31)40-26-32(30-13-5-2-6-14-30)20-22-43(40)49(42)46-24-23-44-47(48-46)41-27-37-35-17-9-7-15-33(35)34-16-8-10-18-36(34)38(37)28-45(41)50-44/h1-28H. The minimum absolute atomic E-state index is 0.783. The van der Waals surface area contributed by atoms with E-state index in [1.165, 1.54) is 65.3 Å². The number of rotatable bonds is 3. The number of aromatic nitrogens is 2. The molecular formula is C47H28N2O. The normalized spacial score (nSPS) is 12.0. The molecular weight excluding hydrogens is 609 g/mol. The number of nitrogens with zero attached hydrogens (tertiary/aromatic N) is 2. The second-order valence-corrected chi connectivity index (χ2v) is 13.1. The molecule has 0 fully saturated rings. The molecule has 0 N–H and O–H groups in total. The molecule has 0 atom stereocenters. The van der Waals surface area contributed by atoms with E-state index in [0.717, 1.165) is 38.9 Å². The first-order chi connectivity index (χ1) is 24.8. The topological polar surface area (TPSA) is 31.0 Å². The van der Waals surface area contributed by atoms with Crippen molar-refractivity contribution in [3.63, 3.8) is 0 Å². The van der Waals surface area contributed by atoms with Crippen LogP contribution in [0.3, 0.4) is 0 Å². The van der Waals surface area contributed by atoms with Crippen molar-refractivity contribution in [3.8, 4) is 28.1 Å². The maximum Gasteiger partial charge on any atom is 0.154 e. The van der Waals surface area contributed by atoms with Crippen LogP contribution in [0.5, 0.6) is 0 Å². The maximum absolute atomic E-state index is 6.53. The summed E-state index contributed by atoms with van der Waals surface area (Å²) >= 11 is 0. The van der Waals surface area contributed by atoms with Gasteiger partial charge in [0.1, 0.15) is 16.9 Å². The molecule has 0 unspecified atom stereocenters. The molecule has 3 heterocycles.